The molecule has 0 aliphatic heterocycles. The minimum absolute atomic E-state index is 0.139. The molecule has 0 amide bonds. The summed E-state index contributed by atoms with van der Waals surface area (Å²) in [6, 6.07) is 0. The van der Waals surface area contributed by atoms with E-state index in [1.807, 2.05) is 20.8 Å². The molecular formula is C6H12O. The Labute approximate surface area is 44.7 Å². The Morgan fingerprint density at radius 3 is 1.57 bits per heavy atom. The lowest BCUT2D eigenvalue weighted by molar-refractivity contribution is 0.280. The second-order valence-electron chi connectivity index (χ2n) is 2.70. The minimum atomic E-state index is -0.139. The van der Waals surface area contributed by atoms with Gasteiger partial charge in [-0.3, -0.25) is 0 Å². The van der Waals surface area contributed by atoms with Crippen LogP contribution in [0.25, 0.3) is 0 Å². The van der Waals surface area contributed by atoms with Gasteiger partial charge in [0.05, 0.1) is 5.76 Å². The molecule has 7 heavy (non-hydrogen) atoms. The summed E-state index contributed by atoms with van der Waals surface area (Å²) in [4.78, 5) is 0. The largest absolute Gasteiger partial charge is 0.512 e. The molecule has 0 aromatic carbocycles. The smallest absolute Gasteiger partial charge is 0.0904 e. The Morgan fingerprint density at radius 2 is 1.57 bits per heavy atom. The maximum Gasteiger partial charge on any atom is 0.0904 e. The van der Waals surface area contributed by atoms with Gasteiger partial charge in [0.15, 0.2) is 0 Å². The van der Waals surface area contributed by atoms with Gasteiger partial charge in [-0.05, 0) is 0 Å². The number of aliphatic hydroxyl groups is 1. The third kappa shape index (κ3) is 2.26. The van der Waals surface area contributed by atoms with Crippen LogP contribution in [0.3, 0.4) is 0 Å². The first-order valence-electron chi connectivity index (χ1n) is 2.33. The van der Waals surface area contributed by atoms with E-state index in [1.165, 1.54) is 0 Å². The van der Waals surface area contributed by atoms with Crippen molar-refractivity contribution in [3.63, 3.8) is 0 Å². The van der Waals surface area contributed by atoms with Crippen LogP contribution in [0.4, 0.5) is 0 Å². The zero-order valence-electron chi connectivity index (χ0n) is 5.15. The van der Waals surface area contributed by atoms with Gasteiger partial charge in [0.2, 0.25) is 0 Å². The maximum atomic E-state index is 8.69. The van der Waals surface area contributed by atoms with E-state index in [2.05, 4.69) is 6.58 Å². The van der Waals surface area contributed by atoms with Gasteiger partial charge in [-0.15, -0.1) is 0 Å². The highest BCUT2D eigenvalue weighted by molar-refractivity contribution is 4.92. The van der Waals surface area contributed by atoms with E-state index >= 15 is 0 Å². The molecular weight excluding hydrogens is 88.1 g/mol. The van der Waals surface area contributed by atoms with Gasteiger partial charge in [-0.1, -0.05) is 27.4 Å². The molecule has 0 bridgehead atoms. The molecule has 0 aliphatic carbocycles. The summed E-state index contributed by atoms with van der Waals surface area (Å²) >= 11 is 0. The Bertz CT molecular complexity index is 76.7. The average Bonchev–Trinajstić information content (AvgIpc) is 1.31. The van der Waals surface area contributed by atoms with Crippen LogP contribution in [0, 0.1) is 5.41 Å². The first kappa shape index (κ1) is 6.54. The number of aliphatic hydroxyl groups excluding tert-OH is 1. The van der Waals surface area contributed by atoms with Gasteiger partial charge in [0, 0.05) is 5.41 Å². The summed E-state index contributed by atoms with van der Waals surface area (Å²) in [5, 5.41) is 8.69. The van der Waals surface area contributed by atoms with Crippen LogP contribution in [0.2, 0.25) is 0 Å². The van der Waals surface area contributed by atoms with Gasteiger partial charge >= 0.3 is 0 Å². The fraction of sp³-hybridized carbons (Fsp3) is 0.667. The molecule has 0 radical (unpaired) electrons. The van der Waals surface area contributed by atoms with Crippen molar-refractivity contribution in [1.29, 1.82) is 0 Å². The topological polar surface area (TPSA) is 20.2 Å². The third-order valence-corrected chi connectivity index (χ3v) is 0.866. The van der Waals surface area contributed by atoms with E-state index in [9.17, 15) is 0 Å². The summed E-state index contributed by atoms with van der Waals surface area (Å²) in [5.41, 5.74) is -0.139. The first-order chi connectivity index (χ1) is 2.94. The van der Waals surface area contributed by atoms with E-state index in [1.54, 1.807) is 0 Å². The van der Waals surface area contributed by atoms with Crippen LogP contribution < -0.4 is 0 Å². The number of rotatable bonds is 0. The lowest BCUT2D eigenvalue weighted by Crippen LogP contribution is -2.06. The van der Waals surface area contributed by atoms with E-state index in [0.29, 0.717) is 0 Å². The van der Waals surface area contributed by atoms with Crippen molar-refractivity contribution in [3.8, 4) is 0 Å². The Morgan fingerprint density at radius 1 is 1.43 bits per heavy atom. The van der Waals surface area contributed by atoms with Crippen molar-refractivity contribution in [2.75, 3.05) is 0 Å². The predicted octanol–water partition coefficient (Wildman–Crippen LogP) is 2.10. The molecule has 0 atom stereocenters. The van der Waals surface area contributed by atoms with Crippen LogP contribution >= 0.6 is 0 Å². The molecule has 0 unspecified atom stereocenters. The van der Waals surface area contributed by atoms with Crippen molar-refractivity contribution in [2.45, 2.75) is 20.8 Å². The summed E-state index contributed by atoms with van der Waals surface area (Å²) in [6.07, 6.45) is 0. The van der Waals surface area contributed by atoms with Crippen molar-refractivity contribution < 1.29 is 5.11 Å². The predicted molar refractivity (Wildman–Crippen MR) is 31.2 cm³/mol. The van der Waals surface area contributed by atoms with Crippen LogP contribution in [-0.4, -0.2) is 5.11 Å². The van der Waals surface area contributed by atoms with Crippen LogP contribution in [-0.2, 0) is 0 Å². The number of allylic oxidation sites excluding steroid dienone is 1. The van der Waals surface area contributed by atoms with E-state index in [-0.39, 0.29) is 11.2 Å². The highest BCUT2D eigenvalue weighted by Crippen LogP contribution is 2.19. The summed E-state index contributed by atoms with van der Waals surface area (Å²) in [6.45, 7) is 9.12. The fourth-order valence-corrected chi connectivity index (χ4v) is 0. The van der Waals surface area contributed by atoms with E-state index < -0.39 is 0 Å². The first-order valence-corrected chi connectivity index (χ1v) is 2.33. The van der Waals surface area contributed by atoms with Gasteiger partial charge in [-0.25, -0.2) is 0 Å². The fourth-order valence-electron chi connectivity index (χ4n) is 0. The molecule has 0 rings (SSSR count). The van der Waals surface area contributed by atoms with Crippen LogP contribution in [0.1, 0.15) is 20.8 Å². The standard InChI is InChI=1S/C6H12O/c1-5(7)6(2,3)4/h7H,1H2,2-4H3. The van der Waals surface area contributed by atoms with Gasteiger partial charge in [-0.2, -0.15) is 0 Å². The maximum absolute atomic E-state index is 8.69. The molecule has 0 saturated heterocycles. The monoisotopic (exact) mass is 100 g/mol. The minimum Gasteiger partial charge on any atom is -0.512 e. The van der Waals surface area contributed by atoms with Crippen LogP contribution in [0.5, 0.6) is 0 Å². The third-order valence-electron chi connectivity index (χ3n) is 0.866. The molecule has 42 valence electrons. The molecule has 0 spiro atoms. The molecule has 1 nitrogen and oxygen atoms in total. The van der Waals surface area contributed by atoms with Crippen molar-refractivity contribution in [2.24, 2.45) is 5.41 Å². The summed E-state index contributed by atoms with van der Waals surface area (Å²) in [7, 11) is 0. The number of hydrogen-bond donors (Lipinski definition) is 1. The molecule has 0 fully saturated rings. The molecule has 1 N–H and O–H groups in total. The molecule has 0 aliphatic rings. The molecule has 1 heteroatoms. The average molecular weight is 100 g/mol. The van der Waals surface area contributed by atoms with Crippen molar-refractivity contribution in [3.05, 3.63) is 12.3 Å². The van der Waals surface area contributed by atoms with E-state index in [0.717, 1.165) is 0 Å². The summed E-state index contributed by atoms with van der Waals surface area (Å²) in [5.74, 6) is 0.243. The van der Waals surface area contributed by atoms with Gasteiger partial charge in [0.25, 0.3) is 0 Å². The van der Waals surface area contributed by atoms with Crippen molar-refractivity contribution >= 4 is 0 Å². The van der Waals surface area contributed by atoms with Crippen molar-refractivity contribution in [1.82, 2.24) is 0 Å². The van der Waals surface area contributed by atoms with Gasteiger partial charge < -0.3 is 5.11 Å². The highest BCUT2D eigenvalue weighted by atomic mass is 16.3. The van der Waals surface area contributed by atoms with Gasteiger partial charge in [0.1, 0.15) is 0 Å². The zero-order valence-corrected chi connectivity index (χ0v) is 5.15. The normalized spacial score (nSPS) is 11.3. The Hall–Kier alpha value is -0.460. The van der Waals surface area contributed by atoms with Crippen LogP contribution in [0.15, 0.2) is 12.3 Å². The molecule has 0 saturated carbocycles. The number of hydrogen-bond acceptors (Lipinski definition) is 1. The SMILES string of the molecule is C=C(O)C(C)(C)C. The highest BCUT2D eigenvalue weighted by Gasteiger charge is 2.12. The zero-order chi connectivity index (χ0) is 6.08. The Balaban J connectivity index is 3.79. The second-order valence-corrected chi connectivity index (χ2v) is 2.70. The quantitative estimate of drug-likeness (QED) is 0.462. The molecule has 0 heterocycles. The lowest BCUT2D eigenvalue weighted by atomic mass is 9.95. The Kier molecular flexibility index (Phi) is 1.46. The second kappa shape index (κ2) is 1.57. The molecule has 0 aromatic rings. The van der Waals surface area contributed by atoms with E-state index in [4.69, 9.17) is 5.11 Å². The lowest BCUT2D eigenvalue weighted by Gasteiger charge is -2.14. The summed E-state index contributed by atoms with van der Waals surface area (Å²) < 4.78 is 0. The molecule has 0 aromatic heterocycles.